The van der Waals surface area contributed by atoms with Crippen molar-refractivity contribution in [2.45, 2.75) is 19.3 Å². The summed E-state index contributed by atoms with van der Waals surface area (Å²) in [6.07, 6.45) is 1.42. The van der Waals surface area contributed by atoms with Crippen molar-refractivity contribution in [1.82, 2.24) is 9.97 Å². The highest BCUT2D eigenvalue weighted by molar-refractivity contribution is 5.77. The van der Waals surface area contributed by atoms with Crippen molar-refractivity contribution < 1.29 is 4.79 Å². The van der Waals surface area contributed by atoms with Crippen LogP contribution in [0.4, 0.5) is 0 Å². The van der Waals surface area contributed by atoms with Crippen LogP contribution in [-0.4, -0.2) is 15.9 Å². The van der Waals surface area contributed by atoms with Crippen molar-refractivity contribution in [3.63, 3.8) is 0 Å². The second-order valence-corrected chi connectivity index (χ2v) is 3.71. The second kappa shape index (κ2) is 3.38. The largest absolute Gasteiger partial charge is 0.369 e. The monoisotopic (exact) mass is 209 g/mol. The van der Waals surface area contributed by atoms with E-state index in [1.165, 1.54) is 0 Å². The van der Waals surface area contributed by atoms with Crippen molar-refractivity contribution in [2.75, 3.05) is 0 Å². The maximum Gasteiger partial charge on any atom is 0.325 e. The molecule has 0 aliphatic heterocycles. The maximum atomic E-state index is 11.4. The zero-order chi connectivity index (χ0) is 11.0. The van der Waals surface area contributed by atoms with Crippen LogP contribution in [0.2, 0.25) is 0 Å². The van der Waals surface area contributed by atoms with Crippen LogP contribution in [0.5, 0.6) is 0 Å². The summed E-state index contributed by atoms with van der Waals surface area (Å²) in [7, 11) is 0. The number of hydrogen-bond acceptors (Lipinski definition) is 3. The third-order valence-corrected chi connectivity index (χ3v) is 2.73. The van der Waals surface area contributed by atoms with Crippen LogP contribution >= 0.6 is 0 Å². The molecule has 0 spiro atoms. The SMILES string of the molecule is NC(=O)C1CCc2[nH]c(=O)[nH]c(=O)c2C1. The summed E-state index contributed by atoms with van der Waals surface area (Å²) in [5.74, 6) is -0.698. The molecule has 0 radical (unpaired) electrons. The molecule has 0 saturated heterocycles. The van der Waals surface area contributed by atoms with Crippen molar-refractivity contribution in [3.05, 3.63) is 32.1 Å². The van der Waals surface area contributed by atoms with E-state index in [1.54, 1.807) is 0 Å². The van der Waals surface area contributed by atoms with Gasteiger partial charge in [0.15, 0.2) is 0 Å². The average molecular weight is 209 g/mol. The zero-order valence-corrected chi connectivity index (χ0v) is 8.00. The van der Waals surface area contributed by atoms with Gasteiger partial charge in [0.1, 0.15) is 0 Å². The number of carbonyl (C=O) groups is 1. The summed E-state index contributed by atoms with van der Waals surface area (Å²) < 4.78 is 0. The summed E-state index contributed by atoms with van der Waals surface area (Å²) in [6, 6.07) is 0. The van der Waals surface area contributed by atoms with E-state index in [0.717, 1.165) is 0 Å². The molecule has 0 bridgehead atoms. The molecule has 1 unspecified atom stereocenters. The molecule has 80 valence electrons. The number of amides is 1. The lowest BCUT2D eigenvalue weighted by Gasteiger charge is -2.20. The van der Waals surface area contributed by atoms with Gasteiger partial charge in [-0.15, -0.1) is 0 Å². The molecule has 0 saturated carbocycles. The first-order valence-electron chi connectivity index (χ1n) is 4.71. The first-order chi connectivity index (χ1) is 7.08. The smallest absolute Gasteiger partial charge is 0.325 e. The van der Waals surface area contributed by atoms with Crippen molar-refractivity contribution in [3.8, 4) is 0 Å². The number of hydrogen-bond donors (Lipinski definition) is 3. The van der Waals surface area contributed by atoms with Crippen LogP contribution in [-0.2, 0) is 17.6 Å². The van der Waals surface area contributed by atoms with Gasteiger partial charge in [0.05, 0.1) is 0 Å². The molecule has 6 heteroatoms. The van der Waals surface area contributed by atoms with Gasteiger partial charge in [-0.25, -0.2) is 4.79 Å². The van der Waals surface area contributed by atoms with E-state index >= 15 is 0 Å². The second-order valence-electron chi connectivity index (χ2n) is 3.71. The molecule has 0 fully saturated rings. The predicted octanol–water partition coefficient (Wildman–Crippen LogP) is -1.35. The van der Waals surface area contributed by atoms with Crippen molar-refractivity contribution >= 4 is 5.91 Å². The van der Waals surface area contributed by atoms with Crippen molar-refractivity contribution in [2.24, 2.45) is 11.7 Å². The summed E-state index contributed by atoms with van der Waals surface area (Å²) in [4.78, 5) is 38.1. The highest BCUT2D eigenvalue weighted by Gasteiger charge is 2.25. The predicted molar refractivity (Wildman–Crippen MR) is 52.4 cm³/mol. The quantitative estimate of drug-likeness (QED) is 0.532. The van der Waals surface area contributed by atoms with Crippen LogP contribution in [0.3, 0.4) is 0 Å². The number of primary amides is 1. The van der Waals surface area contributed by atoms with Crippen molar-refractivity contribution in [1.29, 1.82) is 0 Å². The number of rotatable bonds is 1. The third-order valence-electron chi connectivity index (χ3n) is 2.73. The lowest BCUT2D eigenvalue weighted by molar-refractivity contribution is -0.122. The van der Waals surface area contributed by atoms with Crippen LogP contribution in [0.1, 0.15) is 17.7 Å². The van der Waals surface area contributed by atoms with Gasteiger partial charge in [-0.1, -0.05) is 0 Å². The Labute approximate surface area is 84.5 Å². The summed E-state index contributed by atoms with van der Waals surface area (Å²) in [5, 5.41) is 0. The van der Waals surface area contributed by atoms with E-state index in [9.17, 15) is 14.4 Å². The fourth-order valence-corrected chi connectivity index (χ4v) is 1.90. The van der Waals surface area contributed by atoms with E-state index in [1.807, 2.05) is 0 Å². The Balaban J connectivity index is 2.46. The molecule has 6 nitrogen and oxygen atoms in total. The fourth-order valence-electron chi connectivity index (χ4n) is 1.90. The molecule has 1 atom stereocenters. The third kappa shape index (κ3) is 1.70. The van der Waals surface area contributed by atoms with Crippen LogP contribution in [0, 0.1) is 5.92 Å². The first-order valence-corrected chi connectivity index (χ1v) is 4.71. The highest BCUT2D eigenvalue weighted by Crippen LogP contribution is 2.20. The van der Waals surface area contributed by atoms with E-state index < -0.39 is 17.2 Å². The first kappa shape index (κ1) is 9.70. The van der Waals surface area contributed by atoms with E-state index in [4.69, 9.17) is 5.73 Å². The Hall–Kier alpha value is -1.85. The number of fused-ring (bicyclic) bond motifs is 1. The number of nitrogens with one attached hydrogen (secondary N) is 2. The normalized spacial score (nSPS) is 19.6. The van der Waals surface area contributed by atoms with Gasteiger partial charge in [-0.3, -0.25) is 14.6 Å². The number of aromatic amines is 2. The molecule has 1 aliphatic carbocycles. The Bertz CT molecular complexity index is 514. The van der Waals surface area contributed by atoms with Gasteiger partial charge in [0, 0.05) is 17.2 Å². The minimum absolute atomic E-state index is 0.301. The van der Waals surface area contributed by atoms with Crippen LogP contribution in [0.15, 0.2) is 9.59 Å². The van der Waals surface area contributed by atoms with Gasteiger partial charge in [-0.2, -0.15) is 0 Å². The van der Waals surface area contributed by atoms with Gasteiger partial charge in [0.25, 0.3) is 5.56 Å². The van der Waals surface area contributed by atoms with Crippen LogP contribution < -0.4 is 17.0 Å². The number of H-pyrrole nitrogens is 2. The van der Waals surface area contributed by atoms with E-state index in [2.05, 4.69) is 9.97 Å². The van der Waals surface area contributed by atoms with Gasteiger partial charge in [-0.05, 0) is 19.3 Å². The lowest BCUT2D eigenvalue weighted by Crippen LogP contribution is -2.36. The topological polar surface area (TPSA) is 109 Å². The molecular formula is C9H11N3O3. The maximum absolute atomic E-state index is 11.4. The highest BCUT2D eigenvalue weighted by atomic mass is 16.2. The summed E-state index contributed by atoms with van der Waals surface area (Å²) in [6.45, 7) is 0. The Kier molecular flexibility index (Phi) is 2.18. The number of aryl methyl sites for hydroxylation is 1. The average Bonchev–Trinajstić information content (AvgIpc) is 2.16. The van der Waals surface area contributed by atoms with E-state index in [0.29, 0.717) is 30.5 Å². The summed E-state index contributed by atoms with van der Waals surface area (Å²) in [5.41, 5.74) is 5.36. The minimum atomic E-state index is -0.503. The molecule has 15 heavy (non-hydrogen) atoms. The molecule has 1 aliphatic rings. The number of aromatic nitrogens is 2. The Morgan fingerprint density at radius 3 is 2.73 bits per heavy atom. The van der Waals surface area contributed by atoms with E-state index in [-0.39, 0.29) is 5.92 Å². The van der Waals surface area contributed by atoms with Gasteiger partial charge < -0.3 is 10.7 Å². The molecular weight excluding hydrogens is 198 g/mol. The molecule has 0 aromatic carbocycles. The molecule has 4 N–H and O–H groups in total. The van der Waals surface area contributed by atoms with Crippen LogP contribution in [0.25, 0.3) is 0 Å². The molecule has 1 amide bonds. The minimum Gasteiger partial charge on any atom is -0.369 e. The molecule has 1 aromatic rings. The Morgan fingerprint density at radius 1 is 1.33 bits per heavy atom. The Morgan fingerprint density at radius 2 is 2.07 bits per heavy atom. The van der Waals surface area contributed by atoms with Gasteiger partial charge in [0.2, 0.25) is 5.91 Å². The number of carbonyl (C=O) groups excluding carboxylic acids is 1. The molecule has 1 heterocycles. The molecule has 2 rings (SSSR count). The number of nitrogens with two attached hydrogens (primary N) is 1. The lowest BCUT2D eigenvalue weighted by atomic mass is 9.87. The molecule has 1 aromatic heterocycles. The standard InChI is InChI=1S/C9H11N3O3/c10-7(13)4-1-2-6-5(3-4)8(14)12-9(15)11-6/h4H,1-3H2,(H2,10,13)(H2,11,12,14,15). The zero-order valence-electron chi connectivity index (χ0n) is 8.00. The fraction of sp³-hybridized carbons (Fsp3) is 0.444. The van der Waals surface area contributed by atoms with Gasteiger partial charge >= 0.3 is 5.69 Å². The summed E-state index contributed by atoms with van der Waals surface area (Å²) >= 11 is 0.